The first-order valence-electron chi connectivity index (χ1n) is 31.9. The minimum absolute atomic E-state index is 0.0446. The Bertz CT molecular complexity index is 1680. The van der Waals surface area contributed by atoms with E-state index in [0.29, 0.717) is 17.4 Å². The van der Waals surface area contributed by atoms with Crippen molar-refractivity contribution in [1.82, 2.24) is 5.32 Å². The summed E-state index contributed by atoms with van der Waals surface area (Å²) in [6, 6.07) is -0.887. The maximum absolute atomic E-state index is 13.0. The van der Waals surface area contributed by atoms with Crippen LogP contribution in [-0.2, 0) is 18.4 Å². The zero-order valence-corrected chi connectivity index (χ0v) is 52.0. The molecule has 0 heterocycles. The van der Waals surface area contributed by atoms with E-state index in [1.807, 2.05) is 27.2 Å². The molecule has 0 aliphatic rings. The number of nitrogens with zero attached hydrogens (tertiary/aromatic N) is 1. The highest BCUT2D eigenvalue weighted by atomic mass is 31.2. The van der Waals surface area contributed by atoms with Crippen molar-refractivity contribution in [3.8, 4) is 0 Å². The van der Waals surface area contributed by atoms with Crippen LogP contribution in [-0.4, -0.2) is 73.4 Å². The quantitative estimate of drug-likeness (QED) is 0.0243. The summed E-state index contributed by atoms with van der Waals surface area (Å²) in [4.78, 5) is 23.4. The molecule has 0 aliphatic heterocycles. The number of hydrogen-bond acceptors (Lipinski definition) is 5. The molecule has 0 spiro atoms. The number of nitrogens with one attached hydrogen (secondary N) is 1. The average molecular weight is 1110 g/mol. The summed E-state index contributed by atoms with van der Waals surface area (Å²) in [5, 5.41) is 13.9. The topological polar surface area (TPSA) is 105 Å². The molecule has 448 valence electrons. The van der Waals surface area contributed by atoms with Gasteiger partial charge < -0.3 is 19.8 Å². The predicted octanol–water partition coefficient (Wildman–Crippen LogP) is 20.1. The van der Waals surface area contributed by atoms with E-state index in [9.17, 15) is 19.4 Å². The van der Waals surface area contributed by atoms with E-state index in [4.69, 9.17) is 9.05 Å². The lowest BCUT2D eigenvalue weighted by molar-refractivity contribution is -0.870. The summed E-state index contributed by atoms with van der Waals surface area (Å²) in [6.45, 7) is 4.67. The molecular weight excluding hydrogens is 984 g/mol. The van der Waals surface area contributed by atoms with Crippen LogP contribution in [0.1, 0.15) is 258 Å². The first-order valence-corrected chi connectivity index (χ1v) is 33.4. The Morgan fingerprint density at radius 2 is 0.782 bits per heavy atom. The number of likely N-dealkylation sites (N-methyl/N-ethyl adjacent to an activating group) is 1. The normalized spacial score (nSPS) is 14.6. The van der Waals surface area contributed by atoms with Crippen molar-refractivity contribution in [3.05, 3.63) is 122 Å². The molecule has 0 saturated carbocycles. The first kappa shape index (κ1) is 74.9. The maximum Gasteiger partial charge on any atom is 0.472 e. The van der Waals surface area contributed by atoms with E-state index in [2.05, 4.69) is 129 Å². The number of carbonyl (C=O) groups excluding carboxylic acids is 1. The molecular formula is C69H122N2O6P+. The van der Waals surface area contributed by atoms with Crippen LogP contribution in [0.15, 0.2) is 122 Å². The van der Waals surface area contributed by atoms with Crippen LogP contribution in [0.4, 0.5) is 0 Å². The fourth-order valence-electron chi connectivity index (χ4n) is 8.70. The second kappa shape index (κ2) is 58.6. The number of phosphoric ester groups is 1. The Morgan fingerprint density at radius 3 is 1.18 bits per heavy atom. The molecule has 3 unspecified atom stereocenters. The number of amides is 1. The van der Waals surface area contributed by atoms with Gasteiger partial charge in [0.25, 0.3) is 0 Å². The molecule has 3 N–H and O–H groups in total. The lowest BCUT2D eigenvalue weighted by Gasteiger charge is -2.25. The number of aliphatic hydroxyl groups excluding tert-OH is 1. The van der Waals surface area contributed by atoms with Gasteiger partial charge in [0.2, 0.25) is 5.91 Å². The third-order valence-corrected chi connectivity index (χ3v) is 14.6. The van der Waals surface area contributed by atoms with Crippen LogP contribution in [0.5, 0.6) is 0 Å². The lowest BCUT2D eigenvalue weighted by Crippen LogP contribution is -2.45. The van der Waals surface area contributed by atoms with Gasteiger partial charge in [-0.25, -0.2) is 4.57 Å². The summed E-state index contributed by atoms with van der Waals surface area (Å²) < 4.78 is 23.7. The highest BCUT2D eigenvalue weighted by Gasteiger charge is 2.27. The minimum atomic E-state index is -4.38. The second-order valence-corrected chi connectivity index (χ2v) is 23.8. The SMILES string of the molecule is CC/C=C\C/C=C\C/C=C\C/C=C\C/C=C\C/C=C\C/C=C\CCCCCCCCCC(=O)NC(COP(=O)(O)OCC[N+](C)(C)C)C(O)/C=C/CC/C=C/CC/C=C/CCCCCCCCCCCCCCCCCCC. The van der Waals surface area contributed by atoms with Crippen LogP contribution < -0.4 is 5.32 Å². The molecule has 1 amide bonds. The summed E-state index contributed by atoms with van der Waals surface area (Å²) >= 11 is 0. The monoisotopic (exact) mass is 1110 g/mol. The summed E-state index contributed by atoms with van der Waals surface area (Å²) in [6.07, 6.45) is 87.5. The molecule has 0 saturated heterocycles. The van der Waals surface area contributed by atoms with Crippen molar-refractivity contribution >= 4 is 13.7 Å². The molecule has 0 aromatic heterocycles. The van der Waals surface area contributed by atoms with Crippen molar-refractivity contribution in [2.45, 2.75) is 270 Å². The molecule has 0 radical (unpaired) electrons. The first-order chi connectivity index (χ1) is 38.0. The van der Waals surface area contributed by atoms with E-state index in [1.54, 1.807) is 6.08 Å². The minimum Gasteiger partial charge on any atom is -0.387 e. The predicted molar refractivity (Wildman–Crippen MR) is 341 cm³/mol. The molecule has 0 aliphatic carbocycles. The van der Waals surface area contributed by atoms with E-state index in [0.717, 1.165) is 103 Å². The Hall–Kier alpha value is -3.10. The molecule has 0 aromatic carbocycles. The molecule has 3 atom stereocenters. The van der Waals surface area contributed by atoms with Gasteiger partial charge in [-0.15, -0.1) is 0 Å². The van der Waals surface area contributed by atoms with Gasteiger partial charge in [-0.1, -0.05) is 270 Å². The number of allylic oxidation sites excluding steroid dienone is 19. The fraction of sp³-hybridized carbons (Fsp3) is 0.696. The Balaban J connectivity index is 4.29. The average Bonchev–Trinajstić information content (AvgIpc) is 3.41. The van der Waals surface area contributed by atoms with E-state index in [-0.39, 0.29) is 19.1 Å². The number of hydrogen-bond donors (Lipinski definition) is 3. The number of phosphoric acid groups is 1. The molecule has 0 aromatic rings. The van der Waals surface area contributed by atoms with Gasteiger partial charge >= 0.3 is 7.82 Å². The largest absolute Gasteiger partial charge is 0.472 e. The van der Waals surface area contributed by atoms with Gasteiger partial charge in [0.05, 0.1) is 39.9 Å². The Kier molecular flexibility index (Phi) is 56.2. The highest BCUT2D eigenvalue weighted by molar-refractivity contribution is 7.47. The van der Waals surface area contributed by atoms with Crippen molar-refractivity contribution < 1.29 is 32.9 Å². The van der Waals surface area contributed by atoms with Crippen molar-refractivity contribution in [1.29, 1.82) is 0 Å². The smallest absolute Gasteiger partial charge is 0.387 e. The zero-order chi connectivity index (χ0) is 57.0. The molecule has 8 nitrogen and oxygen atoms in total. The van der Waals surface area contributed by atoms with Gasteiger partial charge in [-0.3, -0.25) is 13.8 Å². The summed E-state index contributed by atoms with van der Waals surface area (Å²) in [5.41, 5.74) is 0. The van der Waals surface area contributed by atoms with E-state index in [1.165, 1.54) is 135 Å². The summed E-state index contributed by atoms with van der Waals surface area (Å²) in [7, 11) is 1.52. The van der Waals surface area contributed by atoms with Crippen molar-refractivity contribution in [2.75, 3.05) is 40.9 Å². The van der Waals surface area contributed by atoms with Crippen LogP contribution >= 0.6 is 7.82 Å². The second-order valence-electron chi connectivity index (χ2n) is 22.4. The van der Waals surface area contributed by atoms with Crippen LogP contribution in [0.2, 0.25) is 0 Å². The number of quaternary nitrogens is 1. The highest BCUT2D eigenvalue weighted by Crippen LogP contribution is 2.43. The number of rotatable bonds is 57. The van der Waals surface area contributed by atoms with Gasteiger partial charge in [0.1, 0.15) is 13.2 Å². The van der Waals surface area contributed by atoms with Gasteiger partial charge in [-0.2, -0.15) is 0 Å². The van der Waals surface area contributed by atoms with Crippen LogP contribution in [0.25, 0.3) is 0 Å². The van der Waals surface area contributed by atoms with E-state index >= 15 is 0 Å². The Labute approximate surface area is 482 Å². The van der Waals surface area contributed by atoms with Gasteiger partial charge in [0, 0.05) is 6.42 Å². The lowest BCUT2D eigenvalue weighted by atomic mass is 10.0. The van der Waals surface area contributed by atoms with Gasteiger partial charge in [0.15, 0.2) is 0 Å². The molecule has 0 bridgehead atoms. The molecule has 78 heavy (non-hydrogen) atoms. The molecule has 0 fully saturated rings. The number of aliphatic hydroxyl groups is 1. The summed E-state index contributed by atoms with van der Waals surface area (Å²) in [5.74, 6) is -0.206. The number of unbranched alkanes of at least 4 members (excludes halogenated alkanes) is 26. The van der Waals surface area contributed by atoms with Gasteiger partial charge in [-0.05, 0) is 103 Å². The van der Waals surface area contributed by atoms with Crippen molar-refractivity contribution in [2.24, 2.45) is 0 Å². The standard InChI is InChI=1S/C69H121N2O6P/c1-6-8-10-12-14-16-18-20-22-24-26-28-30-32-34-35-37-39-41-43-45-47-49-51-53-55-57-59-61-63-69(73)70-67(66-77-78(74,75)76-65-64-71(3,4)5)68(72)62-60-58-56-54-52-50-48-46-44-42-40-38-36-33-31-29-27-25-23-21-19-17-15-13-11-9-7-2/h8,10,14,16,20,22,26,28,32,34,37,39,43-46,52,54,60,62,67-68,72H,6-7,9,11-13,15,17-19,21,23-25,27,29-31,33,35-36,38,40-42,47-51,53,55-59,61,63-66H2,1-5H3,(H-,70,73,74,75)/p+1/b10-8-,16-14-,22-20-,28-26-,34-32-,39-37-,45-43-,46-44+,54-52+,62-60+. The fourth-order valence-corrected chi connectivity index (χ4v) is 9.44. The maximum atomic E-state index is 13.0. The van der Waals surface area contributed by atoms with Crippen molar-refractivity contribution in [3.63, 3.8) is 0 Å². The van der Waals surface area contributed by atoms with E-state index < -0.39 is 20.0 Å². The zero-order valence-electron chi connectivity index (χ0n) is 51.1. The third-order valence-electron chi connectivity index (χ3n) is 13.6. The van der Waals surface area contributed by atoms with Crippen LogP contribution in [0, 0.1) is 0 Å². The Morgan fingerprint density at radius 1 is 0.449 bits per heavy atom. The molecule has 0 rings (SSSR count). The van der Waals surface area contributed by atoms with Crippen LogP contribution in [0.3, 0.4) is 0 Å². The number of carbonyl (C=O) groups is 1. The molecule has 9 heteroatoms. The third kappa shape index (κ3) is 60.5.